The van der Waals surface area contributed by atoms with E-state index in [0.29, 0.717) is 18.9 Å². The number of nitrogens with zero attached hydrogens (tertiary/aromatic N) is 1. The lowest BCUT2D eigenvalue weighted by atomic mass is 9.90. The van der Waals surface area contributed by atoms with Crippen LogP contribution in [0.25, 0.3) is 0 Å². The number of aliphatic hydroxyl groups is 1. The second kappa shape index (κ2) is 32.3. The molecule has 0 aromatic carbocycles. The van der Waals surface area contributed by atoms with Gasteiger partial charge in [-0.3, -0.25) is 4.79 Å². The topological polar surface area (TPSA) is 49.8 Å². The van der Waals surface area contributed by atoms with Crippen molar-refractivity contribution in [1.29, 1.82) is 0 Å². The number of hydrogen-bond acceptors (Lipinski definition) is 4. The predicted octanol–water partition coefficient (Wildman–Crippen LogP) is 10.9. The lowest BCUT2D eigenvalue weighted by Crippen LogP contribution is -2.29. The van der Waals surface area contributed by atoms with Crippen LogP contribution in [0.2, 0.25) is 0 Å². The normalized spacial score (nSPS) is 11.8. The first-order valence-corrected chi connectivity index (χ1v) is 18.6. The van der Waals surface area contributed by atoms with Crippen molar-refractivity contribution in [2.45, 2.75) is 188 Å². The zero-order chi connectivity index (χ0) is 30.2. The van der Waals surface area contributed by atoms with E-state index in [1.165, 1.54) is 135 Å². The molecule has 0 aromatic heterocycles. The Labute approximate surface area is 258 Å². The maximum Gasteiger partial charge on any atom is 0.305 e. The standard InChI is InChI=1S/C37H75NO3/c1-5-9-17-25-36(26-18-10-6-2)27-19-13-11-15-21-30-38(32-33-39)31-22-16-12-14-20-28-37(40)41-34-29-35(23-7-3)24-8-4/h35-36,39H,5-34H2,1-4H3. The fourth-order valence-electron chi connectivity index (χ4n) is 6.37. The van der Waals surface area contributed by atoms with Crippen LogP contribution in [0.5, 0.6) is 0 Å². The molecule has 0 fully saturated rings. The van der Waals surface area contributed by atoms with Gasteiger partial charge in [-0.1, -0.05) is 156 Å². The summed E-state index contributed by atoms with van der Waals surface area (Å²) in [6, 6.07) is 0. The van der Waals surface area contributed by atoms with E-state index in [0.717, 1.165) is 44.8 Å². The monoisotopic (exact) mass is 582 g/mol. The Hall–Kier alpha value is -0.610. The molecule has 0 bridgehead atoms. The van der Waals surface area contributed by atoms with Crippen molar-refractivity contribution in [1.82, 2.24) is 4.90 Å². The van der Waals surface area contributed by atoms with Crippen LogP contribution >= 0.6 is 0 Å². The van der Waals surface area contributed by atoms with E-state index in [2.05, 4.69) is 32.6 Å². The van der Waals surface area contributed by atoms with E-state index in [9.17, 15) is 9.90 Å². The van der Waals surface area contributed by atoms with Gasteiger partial charge in [0, 0.05) is 13.0 Å². The maximum atomic E-state index is 12.0. The minimum atomic E-state index is -0.00960. The average Bonchev–Trinajstić information content (AvgIpc) is 2.96. The Morgan fingerprint density at radius 1 is 0.537 bits per heavy atom. The van der Waals surface area contributed by atoms with Crippen LogP contribution in [0.15, 0.2) is 0 Å². The first-order valence-electron chi connectivity index (χ1n) is 18.6. The van der Waals surface area contributed by atoms with E-state index >= 15 is 0 Å². The fraction of sp³-hybridized carbons (Fsp3) is 0.973. The number of esters is 1. The van der Waals surface area contributed by atoms with Gasteiger partial charge in [0.2, 0.25) is 0 Å². The maximum absolute atomic E-state index is 12.0. The first-order chi connectivity index (χ1) is 20.1. The molecule has 0 saturated heterocycles. The van der Waals surface area contributed by atoms with Gasteiger partial charge in [-0.2, -0.15) is 0 Å². The molecule has 4 nitrogen and oxygen atoms in total. The molecule has 0 aliphatic carbocycles. The van der Waals surface area contributed by atoms with E-state index in [-0.39, 0.29) is 12.6 Å². The Morgan fingerprint density at radius 2 is 1.00 bits per heavy atom. The van der Waals surface area contributed by atoms with Gasteiger partial charge in [-0.15, -0.1) is 0 Å². The van der Waals surface area contributed by atoms with Gasteiger partial charge in [-0.25, -0.2) is 0 Å². The molecule has 0 aliphatic heterocycles. The van der Waals surface area contributed by atoms with Crippen molar-refractivity contribution in [3.8, 4) is 0 Å². The van der Waals surface area contributed by atoms with Gasteiger partial charge in [0.05, 0.1) is 13.2 Å². The average molecular weight is 582 g/mol. The van der Waals surface area contributed by atoms with Crippen LogP contribution in [-0.2, 0) is 9.53 Å². The molecule has 246 valence electrons. The Balaban J connectivity index is 3.82. The summed E-state index contributed by atoms with van der Waals surface area (Å²) in [4.78, 5) is 14.5. The summed E-state index contributed by atoms with van der Waals surface area (Å²) >= 11 is 0. The lowest BCUT2D eigenvalue weighted by molar-refractivity contribution is -0.144. The molecule has 4 heteroatoms. The summed E-state index contributed by atoms with van der Waals surface area (Å²) in [7, 11) is 0. The molecular weight excluding hydrogens is 506 g/mol. The Morgan fingerprint density at radius 3 is 1.51 bits per heavy atom. The minimum absolute atomic E-state index is 0.00960. The van der Waals surface area contributed by atoms with E-state index < -0.39 is 0 Å². The van der Waals surface area contributed by atoms with Crippen LogP contribution < -0.4 is 0 Å². The Kier molecular flexibility index (Phi) is 31.8. The quantitative estimate of drug-likeness (QED) is 0.0618. The van der Waals surface area contributed by atoms with Crippen LogP contribution in [0.3, 0.4) is 0 Å². The molecule has 0 radical (unpaired) electrons. The second-order valence-corrected chi connectivity index (χ2v) is 12.9. The zero-order valence-corrected chi connectivity index (χ0v) is 28.6. The summed E-state index contributed by atoms with van der Waals surface area (Å²) in [5, 5.41) is 9.50. The molecule has 0 spiro atoms. The van der Waals surface area contributed by atoms with Gasteiger partial charge in [0.25, 0.3) is 0 Å². The number of carbonyl (C=O) groups excluding carboxylic acids is 1. The van der Waals surface area contributed by atoms with Crippen LogP contribution in [0.4, 0.5) is 0 Å². The third kappa shape index (κ3) is 27.9. The molecule has 41 heavy (non-hydrogen) atoms. The highest BCUT2D eigenvalue weighted by molar-refractivity contribution is 5.69. The number of aliphatic hydroxyl groups excluding tert-OH is 1. The zero-order valence-electron chi connectivity index (χ0n) is 28.6. The number of carbonyl (C=O) groups is 1. The van der Waals surface area contributed by atoms with Gasteiger partial charge in [-0.05, 0) is 50.6 Å². The van der Waals surface area contributed by atoms with Crippen LogP contribution in [-0.4, -0.2) is 48.8 Å². The highest BCUT2D eigenvalue weighted by Crippen LogP contribution is 2.24. The summed E-state index contributed by atoms with van der Waals surface area (Å²) in [5.74, 6) is 1.68. The minimum Gasteiger partial charge on any atom is -0.466 e. The predicted molar refractivity (Wildman–Crippen MR) is 180 cm³/mol. The molecule has 0 amide bonds. The SMILES string of the molecule is CCCCCC(CCCCC)CCCCCCCN(CCO)CCCCCCCC(=O)OCCC(CCC)CCC. The summed E-state index contributed by atoms with van der Waals surface area (Å²) < 4.78 is 5.50. The molecule has 0 unspecified atom stereocenters. The summed E-state index contributed by atoms with van der Waals surface area (Å²) in [6.45, 7) is 13.0. The van der Waals surface area contributed by atoms with Crippen molar-refractivity contribution < 1.29 is 14.6 Å². The van der Waals surface area contributed by atoms with Crippen LogP contribution in [0.1, 0.15) is 188 Å². The Bertz CT molecular complexity index is 510. The van der Waals surface area contributed by atoms with E-state index in [1.54, 1.807) is 0 Å². The van der Waals surface area contributed by atoms with E-state index in [4.69, 9.17) is 4.74 Å². The van der Waals surface area contributed by atoms with Gasteiger partial charge in [0.1, 0.15) is 0 Å². The molecule has 0 atom stereocenters. The fourth-order valence-corrected chi connectivity index (χ4v) is 6.37. The first kappa shape index (κ1) is 40.4. The number of unbranched alkanes of at least 4 members (excludes halogenated alkanes) is 12. The summed E-state index contributed by atoms with van der Waals surface area (Å²) in [6.07, 6.45) is 31.7. The molecule has 0 heterocycles. The smallest absolute Gasteiger partial charge is 0.305 e. The number of hydrogen-bond donors (Lipinski definition) is 1. The van der Waals surface area contributed by atoms with Crippen molar-refractivity contribution in [3.05, 3.63) is 0 Å². The number of rotatable bonds is 33. The highest BCUT2D eigenvalue weighted by atomic mass is 16.5. The van der Waals surface area contributed by atoms with Crippen molar-refractivity contribution in [2.75, 3.05) is 32.8 Å². The molecule has 1 N–H and O–H groups in total. The molecule has 0 aliphatic rings. The third-order valence-corrected chi connectivity index (χ3v) is 8.97. The number of ether oxygens (including phenoxy) is 1. The molecule has 0 aromatic rings. The van der Waals surface area contributed by atoms with Crippen molar-refractivity contribution >= 4 is 5.97 Å². The highest BCUT2D eigenvalue weighted by Gasteiger charge is 2.10. The second-order valence-electron chi connectivity index (χ2n) is 12.9. The van der Waals surface area contributed by atoms with Crippen molar-refractivity contribution in [3.63, 3.8) is 0 Å². The van der Waals surface area contributed by atoms with E-state index in [1.807, 2.05) is 0 Å². The third-order valence-electron chi connectivity index (χ3n) is 8.97. The van der Waals surface area contributed by atoms with Gasteiger partial charge >= 0.3 is 5.97 Å². The van der Waals surface area contributed by atoms with Gasteiger partial charge < -0.3 is 14.7 Å². The largest absolute Gasteiger partial charge is 0.466 e. The summed E-state index contributed by atoms with van der Waals surface area (Å²) in [5.41, 5.74) is 0. The molecular formula is C37H75NO3. The molecule has 0 rings (SSSR count). The van der Waals surface area contributed by atoms with Crippen molar-refractivity contribution in [2.24, 2.45) is 11.8 Å². The lowest BCUT2D eigenvalue weighted by Gasteiger charge is -2.21. The van der Waals surface area contributed by atoms with Crippen LogP contribution in [0, 0.1) is 11.8 Å². The van der Waals surface area contributed by atoms with Gasteiger partial charge in [0.15, 0.2) is 0 Å². The molecule has 0 saturated carbocycles.